The van der Waals surface area contributed by atoms with Crippen molar-refractivity contribution in [3.63, 3.8) is 0 Å². The minimum atomic E-state index is -3.86. The molecule has 18 heavy (non-hydrogen) atoms. The molecule has 1 fully saturated rings. The van der Waals surface area contributed by atoms with Gasteiger partial charge in [0.1, 0.15) is 4.90 Å². The zero-order chi connectivity index (χ0) is 13.3. The lowest BCUT2D eigenvalue weighted by Gasteiger charge is -2.26. The summed E-state index contributed by atoms with van der Waals surface area (Å²) in [4.78, 5) is -0.445. The molecule has 1 aromatic carbocycles. The van der Waals surface area contributed by atoms with E-state index in [0.29, 0.717) is 24.6 Å². The Kier molecular flexibility index (Phi) is 4.05. The van der Waals surface area contributed by atoms with Gasteiger partial charge in [0, 0.05) is 29.6 Å². The second-order valence-corrected chi connectivity index (χ2v) is 7.39. The van der Waals surface area contributed by atoms with Gasteiger partial charge in [0.05, 0.1) is 5.69 Å². The molecular formula is C10H12ClFN2O2S2. The van der Waals surface area contributed by atoms with E-state index in [4.69, 9.17) is 17.3 Å². The zero-order valence-electron chi connectivity index (χ0n) is 9.40. The molecule has 0 aromatic heterocycles. The number of thioether (sulfide) groups is 1. The van der Waals surface area contributed by atoms with Gasteiger partial charge in [-0.3, -0.25) is 0 Å². The third-order valence-electron chi connectivity index (χ3n) is 2.62. The lowest BCUT2D eigenvalue weighted by atomic mass is 10.3. The molecule has 4 nitrogen and oxygen atoms in total. The van der Waals surface area contributed by atoms with Crippen LogP contribution in [0.4, 0.5) is 10.1 Å². The second-order valence-electron chi connectivity index (χ2n) is 3.82. The zero-order valence-corrected chi connectivity index (χ0v) is 11.8. The first-order valence-corrected chi connectivity index (χ1v) is 8.22. The van der Waals surface area contributed by atoms with Crippen LogP contribution < -0.4 is 5.73 Å². The van der Waals surface area contributed by atoms with E-state index in [1.807, 2.05) is 0 Å². The van der Waals surface area contributed by atoms with Crippen molar-refractivity contribution in [2.24, 2.45) is 0 Å². The number of hydrogen-bond donors (Lipinski definition) is 1. The van der Waals surface area contributed by atoms with Gasteiger partial charge in [0.25, 0.3) is 0 Å². The standard InChI is InChI=1S/C10H12ClFN2O2S2/c11-7-5-8(13)10(12)9(6-7)18(15,16)14-1-3-17-4-2-14/h5-6H,1-4,13H2. The molecule has 1 heterocycles. The van der Waals surface area contributed by atoms with Crippen molar-refractivity contribution in [1.29, 1.82) is 0 Å². The fourth-order valence-corrected chi connectivity index (χ4v) is 4.69. The number of rotatable bonds is 2. The predicted octanol–water partition coefficient (Wildman–Crippen LogP) is 1.80. The van der Waals surface area contributed by atoms with Gasteiger partial charge >= 0.3 is 0 Å². The summed E-state index contributed by atoms with van der Waals surface area (Å²) in [5.41, 5.74) is 5.14. The smallest absolute Gasteiger partial charge is 0.246 e. The highest BCUT2D eigenvalue weighted by Crippen LogP contribution is 2.28. The van der Waals surface area contributed by atoms with Crippen molar-refractivity contribution < 1.29 is 12.8 Å². The van der Waals surface area contributed by atoms with E-state index in [1.54, 1.807) is 11.8 Å². The normalized spacial score (nSPS) is 17.9. The van der Waals surface area contributed by atoms with Gasteiger partial charge in [-0.1, -0.05) is 11.6 Å². The van der Waals surface area contributed by atoms with Gasteiger partial charge in [-0.15, -0.1) is 0 Å². The van der Waals surface area contributed by atoms with Crippen molar-refractivity contribution in [3.8, 4) is 0 Å². The molecule has 0 amide bonds. The highest BCUT2D eigenvalue weighted by Gasteiger charge is 2.30. The van der Waals surface area contributed by atoms with E-state index < -0.39 is 20.7 Å². The maximum atomic E-state index is 13.8. The van der Waals surface area contributed by atoms with Gasteiger partial charge < -0.3 is 5.73 Å². The van der Waals surface area contributed by atoms with Crippen LogP contribution >= 0.6 is 23.4 Å². The van der Waals surface area contributed by atoms with E-state index >= 15 is 0 Å². The largest absolute Gasteiger partial charge is 0.396 e. The molecule has 0 atom stereocenters. The molecule has 2 rings (SSSR count). The van der Waals surface area contributed by atoms with E-state index in [9.17, 15) is 12.8 Å². The Labute approximate surface area is 114 Å². The van der Waals surface area contributed by atoms with Crippen LogP contribution in [0, 0.1) is 5.82 Å². The molecule has 0 spiro atoms. The molecule has 0 saturated carbocycles. The number of nitrogens with zero attached hydrogens (tertiary/aromatic N) is 1. The van der Waals surface area contributed by atoms with Crippen LogP contribution in [-0.2, 0) is 10.0 Å². The van der Waals surface area contributed by atoms with Gasteiger partial charge in [0.15, 0.2) is 5.82 Å². The van der Waals surface area contributed by atoms with Crippen LogP contribution in [0.25, 0.3) is 0 Å². The third-order valence-corrected chi connectivity index (χ3v) is 5.68. The number of halogens is 2. The summed E-state index contributed by atoms with van der Waals surface area (Å²) < 4.78 is 39.6. The summed E-state index contributed by atoms with van der Waals surface area (Å²) in [6.07, 6.45) is 0. The Balaban J connectivity index is 2.46. The highest BCUT2D eigenvalue weighted by atomic mass is 35.5. The molecule has 0 unspecified atom stereocenters. The number of hydrogen-bond acceptors (Lipinski definition) is 4. The quantitative estimate of drug-likeness (QED) is 0.846. The average Bonchev–Trinajstić information content (AvgIpc) is 2.34. The number of benzene rings is 1. The number of sulfonamides is 1. The van der Waals surface area contributed by atoms with E-state index in [-0.39, 0.29) is 10.7 Å². The molecule has 1 aliphatic heterocycles. The van der Waals surface area contributed by atoms with Gasteiger partial charge in [-0.2, -0.15) is 16.1 Å². The monoisotopic (exact) mass is 310 g/mol. The average molecular weight is 311 g/mol. The van der Waals surface area contributed by atoms with Gasteiger partial charge in [0.2, 0.25) is 10.0 Å². The summed E-state index contributed by atoms with van der Waals surface area (Å²) in [5, 5.41) is 0.110. The Bertz CT molecular complexity index is 559. The molecule has 8 heteroatoms. The molecule has 2 N–H and O–H groups in total. The Hall–Kier alpha value is -0.500. The van der Waals surface area contributed by atoms with Gasteiger partial charge in [-0.05, 0) is 12.1 Å². The summed E-state index contributed by atoms with van der Waals surface area (Å²) in [6.45, 7) is 0.748. The minimum Gasteiger partial charge on any atom is -0.396 e. The minimum absolute atomic E-state index is 0.110. The van der Waals surface area contributed by atoms with Crippen molar-refractivity contribution in [2.75, 3.05) is 30.3 Å². The van der Waals surface area contributed by atoms with Crippen LogP contribution in [0.3, 0.4) is 0 Å². The topological polar surface area (TPSA) is 63.4 Å². The Morgan fingerprint density at radius 3 is 2.56 bits per heavy atom. The van der Waals surface area contributed by atoms with E-state index in [0.717, 1.165) is 6.07 Å². The maximum Gasteiger partial charge on any atom is 0.246 e. The predicted molar refractivity (Wildman–Crippen MR) is 71.9 cm³/mol. The first-order chi connectivity index (χ1) is 8.43. The molecule has 0 bridgehead atoms. The number of nitrogens with two attached hydrogens (primary N) is 1. The summed E-state index contributed by atoms with van der Waals surface area (Å²) >= 11 is 7.40. The maximum absolute atomic E-state index is 13.8. The van der Waals surface area contributed by atoms with Crippen molar-refractivity contribution >= 4 is 39.1 Å². The summed E-state index contributed by atoms with van der Waals surface area (Å²) in [6, 6.07) is 2.30. The van der Waals surface area contributed by atoms with Crippen LogP contribution in [-0.4, -0.2) is 37.3 Å². The fourth-order valence-electron chi connectivity index (χ4n) is 1.70. The lowest BCUT2D eigenvalue weighted by molar-refractivity contribution is 0.438. The fraction of sp³-hybridized carbons (Fsp3) is 0.400. The number of nitrogen functional groups attached to an aromatic ring is 1. The second kappa shape index (κ2) is 5.24. The van der Waals surface area contributed by atoms with Crippen LogP contribution in [0.1, 0.15) is 0 Å². The molecule has 1 aliphatic rings. The first-order valence-electron chi connectivity index (χ1n) is 5.25. The molecule has 100 valence electrons. The first kappa shape index (κ1) is 13.9. The highest BCUT2D eigenvalue weighted by molar-refractivity contribution is 7.99. The summed E-state index contributed by atoms with van der Waals surface area (Å²) in [5.74, 6) is 0.478. The van der Waals surface area contributed by atoms with Crippen LogP contribution in [0.2, 0.25) is 5.02 Å². The molecular weight excluding hydrogens is 299 g/mol. The van der Waals surface area contributed by atoms with Crippen LogP contribution in [0.5, 0.6) is 0 Å². The molecule has 1 saturated heterocycles. The van der Waals surface area contributed by atoms with E-state index in [1.165, 1.54) is 10.4 Å². The van der Waals surface area contributed by atoms with E-state index in [2.05, 4.69) is 0 Å². The summed E-state index contributed by atoms with van der Waals surface area (Å²) in [7, 11) is -3.86. The lowest BCUT2D eigenvalue weighted by Crippen LogP contribution is -2.38. The SMILES string of the molecule is Nc1cc(Cl)cc(S(=O)(=O)N2CCSCC2)c1F. The van der Waals surface area contributed by atoms with Crippen LogP contribution in [0.15, 0.2) is 17.0 Å². The Morgan fingerprint density at radius 2 is 1.94 bits per heavy atom. The van der Waals surface area contributed by atoms with Crippen molar-refractivity contribution in [3.05, 3.63) is 23.0 Å². The van der Waals surface area contributed by atoms with Crippen molar-refractivity contribution in [1.82, 2.24) is 4.31 Å². The Morgan fingerprint density at radius 1 is 1.33 bits per heavy atom. The number of anilines is 1. The van der Waals surface area contributed by atoms with Gasteiger partial charge in [-0.25, -0.2) is 12.8 Å². The molecule has 0 radical (unpaired) electrons. The third kappa shape index (κ3) is 2.59. The molecule has 1 aromatic rings. The van der Waals surface area contributed by atoms with Crippen molar-refractivity contribution in [2.45, 2.75) is 4.90 Å². The molecule has 0 aliphatic carbocycles.